The average Bonchev–Trinajstić information content (AvgIpc) is 3.19. The molecule has 0 unspecified atom stereocenters. The number of hydrogen-bond acceptors (Lipinski definition) is 4. The molecule has 1 heterocycles. The molecule has 1 aromatic heterocycles. The van der Waals surface area contributed by atoms with Gasteiger partial charge in [-0.3, -0.25) is 0 Å². The zero-order valence-corrected chi connectivity index (χ0v) is 17.4. The lowest BCUT2D eigenvalue weighted by Gasteiger charge is -2.15. The largest absolute Gasteiger partial charge is 0.480 e. The van der Waals surface area contributed by atoms with Crippen molar-refractivity contribution in [3.8, 4) is 11.5 Å². The summed E-state index contributed by atoms with van der Waals surface area (Å²) < 4.78 is 33.3. The number of benzene rings is 3. The maximum absolute atomic E-state index is 14.6. The number of carbonyl (C=O) groups excluding carboxylic acids is 1. The molecule has 0 fully saturated rings. The van der Waals surface area contributed by atoms with Crippen LogP contribution in [0.2, 0.25) is 0 Å². The molecule has 4 rings (SSSR count). The number of urea groups is 1. The van der Waals surface area contributed by atoms with E-state index in [0.717, 1.165) is 5.56 Å². The Morgan fingerprint density at radius 1 is 1.06 bits per heavy atom. The maximum atomic E-state index is 14.6. The highest BCUT2D eigenvalue weighted by Crippen LogP contribution is 2.27. The second kappa shape index (κ2) is 9.07. The zero-order chi connectivity index (χ0) is 23.5. The Kier molecular flexibility index (Phi) is 6.03. The number of carboxylic acids is 1. The first-order valence-electron chi connectivity index (χ1n) is 10.0. The quantitative estimate of drug-likeness (QED) is 0.387. The summed E-state index contributed by atoms with van der Waals surface area (Å²) >= 11 is 0. The minimum atomic E-state index is -1.29. The average molecular weight is 451 g/mol. The number of carbonyl (C=O) groups is 2. The number of rotatable bonds is 6. The van der Waals surface area contributed by atoms with Gasteiger partial charge in [-0.05, 0) is 60.5 Å². The van der Waals surface area contributed by atoms with Gasteiger partial charge in [0.2, 0.25) is 5.89 Å². The lowest BCUT2D eigenvalue weighted by atomic mass is 10.1. The van der Waals surface area contributed by atoms with Gasteiger partial charge in [-0.25, -0.2) is 23.4 Å². The first-order chi connectivity index (χ1) is 15.8. The van der Waals surface area contributed by atoms with E-state index in [9.17, 15) is 23.5 Å². The van der Waals surface area contributed by atoms with Gasteiger partial charge in [0.15, 0.2) is 5.58 Å². The highest BCUT2D eigenvalue weighted by molar-refractivity contribution is 5.92. The van der Waals surface area contributed by atoms with Crippen molar-refractivity contribution >= 4 is 28.8 Å². The molecule has 3 N–H and O–H groups in total. The Morgan fingerprint density at radius 2 is 1.82 bits per heavy atom. The van der Waals surface area contributed by atoms with Gasteiger partial charge in [-0.2, -0.15) is 0 Å². The molecule has 9 heteroatoms. The van der Waals surface area contributed by atoms with Crippen LogP contribution in [0.15, 0.2) is 65.1 Å². The first kappa shape index (κ1) is 21.9. The Morgan fingerprint density at radius 3 is 2.52 bits per heavy atom. The summed E-state index contributed by atoms with van der Waals surface area (Å²) in [5, 5.41) is 14.0. The number of nitrogens with zero attached hydrogens (tertiary/aromatic N) is 1. The minimum absolute atomic E-state index is 0.0678. The molecular weight excluding hydrogens is 432 g/mol. The Hall–Kier alpha value is -4.27. The Balaban J connectivity index is 1.45. The summed E-state index contributed by atoms with van der Waals surface area (Å²) in [7, 11) is 0. The van der Waals surface area contributed by atoms with Crippen LogP contribution in [0, 0.1) is 18.6 Å². The predicted octanol–water partition coefficient (Wildman–Crippen LogP) is 4.90. The second-order valence-electron chi connectivity index (χ2n) is 7.50. The molecule has 0 bridgehead atoms. The zero-order valence-electron chi connectivity index (χ0n) is 17.4. The van der Waals surface area contributed by atoms with E-state index in [4.69, 9.17) is 4.42 Å². The number of halogens is 2. The van der Waals surface area contributed by atoms with Crippen LogP contribution < -0.4 is 10.6 Å². The normalized spacial score (nSPS) is 11.8. The van der Waals surface area contributed by atoms with Crippen LogP contribution in [0.25, 0.3) is 22.6 Å². The maximum Gasteiger partial charge on any atom is 0.326 e. The molecule has 2 amide bonds. The fourth-order valence-electron chi connectivity index (χ4n) is 3.28. The molecule has 0 saturated heterocycles. The van der Waals surface area contributed by atoms with Crippen molar-refractivity contribution in [3.05, 3.63) is 83.4 Å². The van der Waals surface area contributed by atoms with Gasteiger partial charge in [0.25, 0.3) is 0 Å². The van der Waals surface area contributed by atoms with E-state index in [1.165, 1.54) is 42.5 Å². The van der Waals surface area contributed by atoms with Crippen LogP contribution >= 0.6 is 0 Å². The minimum Gasteiger partial charge on any atom is -0.480 e. The standard InChI is InChI=1S/C24H19F2N3O4/c1-13-2-9-21-19(10-13)27-22(33-21)15-5-8-18(17(26)12-15)28-24(32)29-20(23(30)31)11-14-3-6-16(25)7-4-14/h2-10,12,20H,11H2,1H3,(H,30,31)(H2,28,29,32)/t20-/m0/s1. The molecule has 3 aromatic carbocycles. The predicted molar refractivity (Wildman–Crippen MR) is 118 cm³/mol. The van der Waals surface area contributed by atoms with Crippen molar-refractivity contribution in [2.45, 2.75) is 19.4 Å². The van der Waals surface area contributed by atoms with Gasteiger partial charge in [0.1, 0.15) is 23.2 Å². The van der Waals surface area contributed by atoms with Crippen LogP contribution in [0.5, 0.6) is 0 Å². The van der Waals surface area contributed by atoms with Gasteiger partial charge in [-0.15, -0.1) is 0 Å². The number of hydrogen-bond donors (Lipinski definition) is 3. The van der Waals surface area contributed by atoms with E-state index in [2.05, 4.69) is 15.6 Å². The number of aryl methyl sites for hydroxylation is 1. The van der Waals surface area contributed by atoms with Gasteiger partial charge in [0.05, 0.1) is 5.69 Å². The third-order valence-corrected chi connectivity index (χ3v) is 4.96. The summed E-state index contributed by atoms with van der Waals surface area (Å²) in [6.07, 6.45) is -0.0678. The van der Waals surface area contributed by atoms with Gasteiger partial charge < -0.3 is 20.2 Å². The lowest BCUT2D eigenvalue weighted by Crippen LogP contribution is -2.44. The topological polar surface area (TPSA) is 104 Å². The van der Waals surface area contributed by atoms with Crippen molar-refractivity contribution in [2.24, 2.45) is 0 Å². The number of aliphatic carboxylic acids is 1. The molecule has 0 spiro atoms. The van der Waals surface area contributed by atoms with Crippen molar-refractivity contribution in [3.63, 3.8) is 0 Å². The second-order valence-corrected chi connectivity index (χ2v) is 7.50. The van der Waals surface area contributed by atoms with Crippen LogP contribution in [0.1, 0.15) is 11.1 Å². The molecule has 168 valence electrons. The monoisotopic (exact) mass is 451 g/mol. The third kappa shape index (κ3) is 5.15. The summed E-state index contributed by atoms with van der Waals surface area (Å²) in [6.45, 7) is 1.92. The Bertz CT molecular complexity index is 1340. The molecule has 4 aromatic rings. The molecular formula is C24H19F2N3O4. The highest BCUT2D eigenvalue weighted by atomic mass is 19.1. The number of anilines is 1. The molecule has 0 aliphatic heterocycles. The Labute approximate surface area is 187 Å². The fraction of sp³-hybridized carbons (Fsp3) is 0.125. The van der Waals surface area contributed by atoms with Crippen molar-refractivity contribution in [2.75, 3.05) is 5.32 Å². The van der Waals surface area contributed by atoms with Crippen LogP contribution in [-0.2, 0) is 11.2 Å². The number of carboxylic acid groups (broad SMARTS) is 1. The number of aromatic nitrogens is 1. The van der Waals surface area contributed by atoms with Gasteiger partial charge >= 0.3 is 12.0 Å². The molecule has 0 radical (unpaired) electrons. The number of nitrogens with one attached hydrogen (secondary N) is 2. The van der Waals surface area contributed by atoms with E-state index < -0.39 is 29.7 Å². The molecule has 1 atom stereocenters. The van der Waals surface area contributed by atoms with Crippen LogP contribution in [-0.4, -0.2) is 28.1 Å². The van der Waals surface area contributed by atoms with E-state index >= 15 is 0 Å². The van der Waals surface area contributed by atoms with E-state index in [-0.39, 0.29) is 18.0 Å². The summed E-state index contributed by atoms with van der Waals surface area (Å²) in [4.78, 5) is 28.2. The molecule has 0 saturated carbocycles. The first-order valence-corrected chi connectivity index (χ1v) is 10.0. The third-order valence-electron chi connectivity index (χ3n) is 4.96. The number of fused-ring (bicyclic) bond motifs is 1. The summed E-state index contributed by atoms with van der Waals surface area (Å²) in [5.41, 5.74) is 2.99. The smallest absolute Gasteiger partial charge is 0.326 e. The fourth-order valence-corrected chi connectivity index (χ4v) is 3.28. The van der Waals surface area contributed by atoms with Crippen LogP contribution in [0.4, 0.5) is 19.3 Å². The summed E-state index contributed by atoms with van der Waals surface area (Å²) in [6, 6.07) is 12.6. The highest BCUT2D eigenvalue weighted by Gasteiger charge is 2.21. The van der Waals surface area contributed by atoms with Gasteiger partial charge in [0, 0.05) is 12.0 Å². The summed E-state index contributed by atoms with van der Waals surface area (Å²) in [5.74, 6) is -2.25. The molecule has 33 heavy (non-hydrogen) atoms. The van der Waals surface area contributed by atoms with E-state index in [0.29, 0.717) is 22.2 Å². The van der Waals surface area contributed by atoms with Crippen LogP contribution in [0.3, 0.4) is 0 Å². The van der Waals surface area contributed by atoms with Gasteiger partial charge in [-0.1, -0.05) is 18.2 Å². The van der Waals surface area contributed by atoms with E-state index in [1.807, 2.05) is 19.1 Å². The van der Waals surface area contributed by atoms with Crippen molar-refractivity contribution in [1.29, 1.82) is 0 Å². The lowest BCUT2D eigenvalue weighted by molar-refractivity contribution is -0.139. The van der Waals surface area contributed by atoms with E-state index in [1.54, 1.807) is 6.07 Å². The molecule has 0 aliphatic carbocycles. The number of oxazole rings is 1. The molecule has 7 nitrogen and oxygen atoms in total. The van der Waals surface area contributed by atoms with Crippen molar-refractivity contribution < 1.29 is 27.9 Å². The number of amides is 2. The molecule has 0 aliphatic rings. The SMILES string of the molecule is Cc1ccc2oc(-c3ccc(NC(=O)N[C@@H](Cc4ccc(F)cc4)C(=O)O)c(F)c3)nc2c1. The van der Waals surface area contributed by atoms with Crippen molar-refractivity contribution in [1.82, 2.24) is 10.3 Å².